The highest BCUT2D eigenvalue weighted by molar-refractivity contribution is 7.09. The van der Waals surface area contributed by atoms with Crippen molar-refractivity contribution in [2.45, 2.75) is 25.8 Å². The Labute approximate surface area is 104 Å². The minimum atomic E-state index is 0.446. The molecule has 0 aliphatic heterocycles. The van der Waals surface area contributed by atoms with Crippen LogP contribution in [0.5, 0.6) is 0 Å². The molecule has 3 nitrogen and oxygen atoms in total. The number of likely N-dealkylation sites (N-methyl/N-ethyl adjacent to an activating group) is 1. The SMILES string of the molecule is CNC(Cc1csc(C)n1)Cc1cncs1. The average molecular weight is 253 g/mol. The first-order valence-corrected chi connectivity index (χ1v) is 6.99. The monoisotopic (exact) mass is 253 g/mol. The van der Waals surface area contributed by atoms with E-state index >= 15 is 0 Å². The zero-order chi connectivity index (χ0) is 11.4. The lowest BCUT2D eigenvalue weighted by Gasteiger charge is -2.13. The summed E-state index contributed by atoms with van der Waals surface area (Å²) in [5.74, 6) is 0. The third-order valence-corrected chi connectivity index (χ3v) is 4.09. The fourth-order valence-corrected chi connectivity index (χ4v) is 2.92. The van der Waals surface area contributed by atoms with Crippen LogP contribution in [-0.2, 0) is 12.8 Å². The Bertz CT molecular complexity index is 422. The summed E-state index contributed by atoms with van der Waals surface area (Å²) in [4.78, 5) is 9.92. The molecule has 2 heterocycles. The van der Waals surface area contributed by atoms with Crippen LogP contribution >= 0.6 is 22.7 Å². The van der Waals surface area contributed by atoms with E-state index in [0.717, 1.165) is 17.8 Å². The molecule has 0 aromatic carbocycles. The van der Waals surface area contributed by atoms with Crippen LogP contribution in [0.15, 0.2) is 17.1 Å². The molecule has 2 aromatic rings. The summed E-state index contributed by atoms with van der Waals surface area (Å²) >= 11 is 3.43. The Kier molecular flexibility index (Phi) is 4.04. The molecule has 0 spiro atoms. The zero-order valence-electron chi connectivity index (χ0n) is 9.43. The van der Waals surface area contributed by atoms with E-state index in [9.17, 15) is 0 Å². The van der Waals surface area contributed by atoms with Gasteiger partial charge in [-0.1, -0.05) is 0 Å². The van der Waals surface area contributed by atoms with E-state index in [0.29, 0.717) is 6.04 Å². The smallest absolute Gasteiger partial charge is 0.0897 e. The molecule has 0 saturated heterocycles. The molecule has 0 aliphatic carbocycles. The molecule has 86 valence electrons. The molecule has 5 heteroatoms. The first kappa shape index (κ1) is 11.7. The summed E-state index contributed by atoms with van der Waals surface area (Å²) in [7, 11) is 2.00. The maximum Gasteiger partial charge on any atom is 0.0897 e. The number of rotatable bonds is 5. The number of hydrogen-bond acceptors (Lipinski definition) is 5. The van der Waals surface area contributed by atoms with E-state index in [4.69, 9.17) is 0 Å². The molecule has 16 heavy (non-hydrogen) atoms. The molecule has 1 atom stereocenters. The third kappa shape index (κ3) is 3.10. The number of thiazole rings is 2. The maximum absolute atomic E-state index is 4.49. The molecule has 0 fully saturated rings. The van der Waals surface area contributed by atoms with E-state index in [2.05, 4.69) is 20.7 Å². The summed E-state index contributed by atoms with van der Waals surface area (Å²) in [5, 5.41) is 6.63. The second-order valence-electron chi connectivity index (χ2n) is 3.72. The first-order valence-electron chi connectivity index (χ1n) is 5.23. The lowest BCUT2D eigenvalue weighted by atomic mass is 10.1. The van der Waals surface area contributed by atoms with Crippen molar-refractivity contribution in [1.82, 2.24) is 15.3 Å². The maximum atomic E-state index is 4.49. The molecule has 2 rings (SSSR count). The van der Waals surface area contributed by atoms with Gasteiger partial charge in [0.05, 0.1) is 16.2 Å². The lowest BCUT2D eigenvalue weighted by Crippen LogP contribution is -2.29. The second kappa shape index (κ2) is 5.52. The van der Waals surface area contributed by atoms with Gasteiger partial charge in [-0.3, -0.25) is 4.98 Å². The van der Waals surface area contributed by atoms with E-state index < -0.39 is 0 Å². The molecule has 0 bridgehead atoms. The van der Waals surface area contributed by atoms with Crippen LogP contribution in [-0.4, -0.2) is 23.1 Å². The highest BCUT2D eigenvalue weighted by Crippen LogP contribution is 2.14. The van der Waals surface area contributed by atoms with Crippen LogP contribution in [0.2, 0.25) is 0 Å². The number of nitrogens with one attached hydrogen (secondary N) is 1. The largest absolute Gasteiger partial charge is 0.316 e. The Hall–Kier alpha value is -0.780. The van der Waals surface area contributed by atoms with Crippen molar-refractivity contribution in [3.63, 3.8) is 0 Å². The van der Waals surface area contributed by atoms with E-state index in [-0.39, 0.29) is 0 Å². The number of hydrogen-bond donors (Lipinski definition) is 1. The molecule has 0 amide bonds. The van der Waals surface area contributed by atoms with Gasteiger partial charge in [-0.25, -0.2) is 4.98 Å². The molecule has 2 aromatic heterocycles. The van der Waals surface area contributed by atoms with Crippen molar-refractivity contribution in [3.8, 4) is 0 Å². The van der Waals surface area contributed by atoms with Gasteiger partial charge in [-0.05, 0) is 20.4 Å². The summed E-state index contributed by atoms with van der Waals surface area (Å²) in [5.41, 5.74) is 3.07. The van der Waals surface area contributed by atoms with Gasteiger partial charge < -0.3 is 5.32 Å². The summed E-state index contributed by atoms with van der Waals surface area (Å²) in [6.45, 7) is 2.05. The summed E-state index contributed by atoms with van der Waals surface area (Å²) in [6.07, 6.45) is 3.96. The van der Waals surface area contributed by atoms with Gasteiger partial charge in [0.1, 0.15) is 0 Å². The molecule has 0 saturated carbocycles. The summed E-state index contributed by atoms with van der Waals surface area (Å²) < 4.78 is 0. The van der Waals surface area contributed by atoms with Crippen molar-refractivity contribution in [2.75, 3.05) is 7.05 Å². The van der Waals surface area contributed by atoms with Crippen LogP contribution in [0.4, 0.5) is 0 Å². The molecule has 0 aliphatic rings. The first-order chi connectivity index (χ1) is 7.78. The minimum Gasteiger partial charge on any atom is -0.316 e. The van der Waals surface area contributed by atoms with Gasteiger partial charge in [0, 0.05) is 28.9 Å². The number of aromatic nitrogens is 2. The van der Waals surface area contributed by atoms with Gasteiger partial charge in [-0.15, -0.1) is 22.7 Å². The molecular formula is C11H15N3S2. The van der Waals surface area contributed by atoms with E-state index in [1.54, 1.807) is 22.7 Å². The Morgan fingerprint density at radius 2 is 2.25 bits per heavy atom. The highest BCUT2D eigenvalue weighted by Gasteiger charge is 2.11. The van der Waals surface area contributed by atoms with Crippen LogP contribution < -0.4 is 5.32 Å². The average Bonchev–Trinajstić information content (AvgIpc) is 2.89. The van der Waals surface area contributed by atoms with Crippen molar-refractivity contribution in [3.05, 3.63) is 32.7 Å². The fraction of sp³-hybridized carbons (Fsp3) is 0.455. The van der Waals surface area contributed by atoms with Crippen LogP contribution in [0.3, 0.4) is 0 Å². The Morgan fingerprint density at radius 3 is 2.81 bits per heavy atom. The van der Waals surface area contributed by atoms with E-state index in [1.807, 2.05) is 25.7 Å². The number of aryl methyl sites for hydroxylation is 1. The third-order valence-electron chi connectivity index (χ3n) is 2.46. The molecule has 1 N–H and O–H groups in total. The van der Waals surface area contributed by atoms with Crippen molar-refractivity contribution in [2.24, 2.45) is 0 Å². The predicted molar refractivity (Wildman–Crippen MR) is 69.2 cm³/mol. The summed E-state index contributed by atoms with van der Waals surface area (Å²) in [6, 6.07) is 0.446. The molecular weight excluding hydrogens is 238 g/mol. The Balaban J connectivity index is 1.95. The number of nitrogens with zero attached hydrogens (tertiary/aromatic N) is 2. The van der Waals surface area contributed by atoms with Crippen molar-refractivity contribution >= 4 is 22.7 Å². The van der Waals surface area contributed by atoms with Crippen LogP contribution in [0.25, 0.3) is 0 Å². The fourth-order valence-electron chi connectivity index (χ4n) is 1.62. The molecule has 0 radical (unpaired) electrons. The van der Waals surface area contributed by atoms with Crippen LogP contribution in [0.1, 0.15) is 15.6 Å². The predicted octanol–water partition coefficient (Wildman–Crippen LogP) is 2.28. The van der Waals surface area contributed by atoms with Crippen molar-refractivity contribution < 1.29 is 0 Å². The topological polar surface area (TPSA) is 37.8 Å². The van der Waals surface area contributed by atoms with E-state index in [1.165, 1.54) is 10.6 Å². The van der Waals surface area contributed by atoms with Gasteiger partial charge in [0.25, 0.3) is 0 Å². The highest BCUT2D eigenvalue weighted by atomic mass is 32.1. The van der Waals surface area contributed by atoms with Gasteiger partial charge in [0.15, 0.2) is 0 Å². The standard InChI is InChI=1S/C11H15N3S2/c1-8-14-10(6-15-8)3-9(12-2)4-11-5-13-7-16-11/h5-7,9,12H,3-4H2,1-2H3. The van der Waals surface area contributed by atoms with Gasteiger partial charge in [0.2, 0.25) is 0 Å². The zero-order valence-corrected chi connectivity index (χ0v) is 11.1. The van der Waals surface area contributed by atoms with Gasteiger partial charge >= 0.3 is 0 Å². The lowest BCUT2D eigenvalue weighted by molar-refractivity contribution is 0.554. The minimum absolute atomic E-state index is 0.446. The van der Waals surface area contributed by atoms with Crippen LogP contribution in [0, 0.1) is 6.92 Å². The van der Waals surface area contributed by atoms with Gasteiger partial charge in [-0.2, -0.15) is 0 Å². The normalized spacial score (nSPS) is 12.9. The quantitative estimate of drug-likeness (QED) is 0.888. The second-order valence-corrected chi connectivity index (χ2v) is 5.75. The molecule has 1 unspecified atom stereocenters. The van der Waals surface area contributed by atoms with Crippen molar-refractivity contribution in [1.29, 1.82) is 0 Å². The Morgan fingerprint density at radius 1 is 1.38 bits per heavy atom.